The molecular weight excluding hydrogens is 342 g/mol. The average molecular weight is 371 g/mol. The molecule has 2 saturated heterocycles. The molecule has 2 fully saturated rings. The predicted octanol–water partition coefficient (Wildman–Crippen LogP) is 1.98. The van der Waals surface area contributed by atoms with E-state index >= 15 is 0 Å². The fourth-order valence-corrected chi connectivity index (χ4v) is 4.20. The van der Waals surface area contributed by atoms with Gasteiger partial charge in [-0.25, -0.2) is 9.97 Å². The highest BCUT2D eigenvalue weighted by Gasteiger charge is 2.27. The second-order valence-corrected chi connectivity index (χ2v) is 7.57. The van der Waals surface area contributed by atoms with E-state index in [1.54, 1.807) is 13.4 Å². The highest BCUT2D eigenvalue weighted by atomic mass is 16.5. The van der Waals surface area contributed by atoms with Gasteiger partial charge in [0.15, 0.2) is 0 Å². The Morgan fingerprint density at radius 2 is 1.93 bits per heavy atom. The van der Waals surface area contributed by atoms with Crippen molar-refractivity contribution in [3.63, 3.8) is 0 Å². The Morgan fingerprint density at radius 1 is 1.07 bits per heavy atom. The van der Waals surface area contributed by atoms with Crippen molar-refractivity contribution in [2.45, 2.75) is 44.6 Å². The second-order valence-electron chi connectivity index (χ2n) is 7.57. The molecule has 2 aromatic rings. The van der Waals surface area contributed by atoms with Crippen molar-refractivity contribution in [3.05, 3.63) is 24.0 Å². The summed E-state index contributed by atoms with van der Waals surface area (Å²) >= 11 is 0. The number of aromatic nitrogens is 5. The number of likely N-dealkylation sites (tertiary alicyclic amines) is 1. The number of anilines is 1. The zero-order valence-electron chi connectivity index (χ0n) is 16.3. The molecule has 1 unspecified atom stereocenters. The number of methoxy groups -OCH3 is 1. The quantitative estimate of drug-likeness (QED) is 0.796. The number of hydrogen-bond donors (Lipinski definition) is 0. The van der Waals surface area contributed by atoms with Crippen molar-refractivity contribution >= 4 is 5.82 Å². The summed E-state index contributed by atoms with van der Waals surface area (Å²) in [6.45, 7) is 5.15. The monoisotopic (exact) mass is 371 g/mol. The molecule has 2 aliphatic rings. The topological polar surface area (TPSA) is 72.2 Å². The molecule has 1 atom stereocenters. The van der Waals surface area contributed by atoms with E-state index in [-0.39, 0.29) is 0 Å². The maximum Gasteiger partial charge on any atom is 0.218 e. The molecule has 0 saturated carbocycles. The lowest BCUT2D eigenvalue weighted by atomic mass is 9.97. The maximum absolute atomic E-state index is 5.24. The van der Waals surface area contributed by atoms with Crippen molar-refractivity contribution in [2.75, 3.05) is 38.2 Å². The van der Waals surface area contributed by atoms with Gasteiger partial charge in [-0.2, -0.15) is 0 Å². The molecule has 2 aromatic heterocycles. The van der Waals surface area contributed by atoms with Crippen molar-refractivity contribution in [2.24, 2.45) is 7.05 Å². The van der Waals surface area contributed by atoms with Crippen LogP contribution in [-0.4, -0.2) is 62.9 Å². The first kappa shape index (κ1) is 18.2. The Balaban J connectivity index is 1.46. The third kappa shape index (κ3) is 4.05. The highest BCUT2D eigenvalue weighted by molar-refractivity contribution is 5.41. The summed E-state index contributed by atoms with van der Waals surface area (Å²) in [7, 11) is 3.75. The van der Waals surface area contributed by atoms with Gasteiger partial charge in [-0.15, -0.1) is 10.2 Å². The largest absolute Gasteiger partial charge is 0.481 e. The van der Waals surface area contributed by atoms with E-state index in [4.69, 9.17) is 4.74 Å². The molecule has 0 radical (unpaired) electrons. The van der Waals surface area contributed by atoms with Crippen LogP contribution in [0, 0.1) is 0 Å². The van der Waals surface area contributed by atoms with E-state index in [1.165, 1.54) is 32.4 Å². The van der Waals surface area contributed by atoms with Gasteiger partial charge in [-0.05, 0) is 38.8 Å². The van der Waals surface area contributed by atoms with Gasteiger partial charge in [-0.1, -0.05) is 6.42 Å². The Morgan fingerprint density at radius 3 is 2.74 bits per heavy atom. The first-order valence-corrected chi connectivity index (χ1v) is 9.96. The first-order valence-electron chi connectivity index (χ1n) is 9.96. The van der Waals surface area contributed by atoms with Crippen LogP contribution in [0.15, 0.2) is 12.4 Å². The van der Waals surface area contributed by atoms with Crippen LogP contribution >= 0.6 is 0 Å². The van der Waals surface area contributed by atoms with Gasteiger partial charge >= 0.3 is 0 Å². The Labute approximate surface area is 160 Å². The summed E-state index contributed by atoms with van der Waals surface area (Å²) in [5.41, 5.74) is 0. The van der Waals surface area contributed by atoms with E-state index in [0.29, 0.717) is 11.8 Å². The van der Waals surface area contributed by atoms with Crippen LogP contribution < -0.4 is 9.64 Å². The Hall–Kier alpha value is -2.22. The highest BCUT2D eigenvalue weighted by Crippen LogP contribution is 2.29. The Bertz CT molecular complexity index is 756. The minimum absolute atomic E-state index is 0.368. The molecule has 146 valence electrons. The Kier molecular flexibility index (Phi) is 5.52. The number of rotatable bonds is 5. The van der Waals surface area contributed by atoms with Gasteiger partial charge in [0.2, 0.25) is 5.88 Å². The molecule has 4 rings (SSSR count). The molecular formula is C19H29N7O. The van der Waals surface area contributed by atoms with Crippen molar-refractivity contribution < 1.29 is 4.74 Å². The molecule has 0 spiro atoms. The SMILES string of the molecule is COc1cc(N2CCCC(c3nnc(CN4CCCCC4)n3C)C2)ncn1. The van der Waals surface area contributed by atoms with Crippen molar-refractivity contribution in [1.82, 2.24) is 29.6 Å². The summed E-state index contributed by atoms with van der Waals surface area (Å²) in [5.74, 6) is 4.06. The number of nitrogens with zero attached hydrogens (tertiary/aromatic N) is 7. The summed E-state index contributed by atoms with van der Waals surface area (Å²) in [5, 5.41) is 9.09. The molecule has 0 bridgehead atoms. The fourth-order valence-electron chi connectivity index (χ4n) is 4.20. The zero-order chi connectivity index (χ0) is 18.6. The van der Waals surface area contributed by atoms with Gasteiger partial charge in [0.1, 0.15) is 23.8 Å². The van der Waals surface area contributed by atoms with Crippen LogP contribution in [0.25, 0.3) is 0 Å². The van der Waals surface area contributed by atoms with Crippen molar-refractivity contribution in [3.8, 4) is 5.88 Å². The molecule has 4 heterocycles. The van der Waals surface area contributed by atoms with E-state index in [2.05, 4.69) is 41.6 Å². The lowest BCUT2D eigenvalue weighted by Crippen LogP contribution is -2.36. The fraction of sp³-hybridized carbons (Fsp3) is 0.684. The molecule has 0 N–H and O–H groups in total. The predicted molar refractivity (Wildman–Crippen MR) is 103 cm³/mol. The van der Waals surface area contributed by atoms with Gasteiger partial charge in [0.05, 0.1) is 13.7 Å². The average Bonchev–Trinajstić information content (AvgIpc) is 3.09. The normalized spacial score (nSPS) is 21.4. The van der Waals surface area contributed by atoms with Gasteiger partial charge in [0, 0.05) is 32.1 Å². The van der Waals surface area contributed by atoms with Gasteiger partial charge < -0.3 is 14.2 Å². The standard InChI is InChI=1S/C19H29N7O/c1-24-17(13-25-8-4-3-5-9-25)22-23-19(24)15-7-6-10-26(12-15)16-11-18(27-2)21-14-20-16/h11,14-15H,3-10,12-13H2,1-2H3. The van der Waals surface area contributed by atoms with Crippen LogP contribution in [0.2, 0.25) is 0 Å². The van der Waals surface area contributed by atoms with E-state index in [0.717, 1.165) is 49.9 Å². The minimum atomic E-state index is 0.368. The molecule has 8 nitrogen and oxygen atoms in total. The minimum Gasteiger partial charge on any atom is -0.481 e. The molecule has 0 aliphatic carbocycles. The van der Waals surface area contributed by atoms with Gasteiger partial charge in [0.25, 0.3) is 0 Å². The lowest BCUT2D eigenvalue weighted by molar-refractivity contribution is 0.213. The van der Waals surface area contributed by atoms with Crippen LogP contribution in [0.5, 0.6) is 5.88 Å². The van der Waals surface area contributed by atoms with Crippen LogP contribution in [0.1, 0.15) is 49.7 Å². The number of hydrogen-bond acceptors (Lipinski definition) is 7. The summed E-state index contributed by atoms with van der Waals surface area (Å²) in [6, 6.07) is 1.90. The molecule has 0 amide bonds. The van der Waals surface area contributed by atoms with Crippen LogP contribution in [0.4, 0.5) is 5.82 Å². The molecule has 27 heavy (non-hydrogen) atoms. The summed E-state index contributed by atoms with van der Waals surface area (Å²) in [4.78, 5) is 13.3. The smallest absolute Gasteiger partial charge is 0.218 e. The van der Waals surface area contributed by atoms with Gasteiger partial charge in [-0.3, -0.25) is 4.90 Å². The first-order chi connectivity index (χ1) is 13.2. The second kappa shape index (κ2) is 8.21. The third-order valence-corrected chi connectivity index (χ3v) is 5.76. The molecule has 2 aliphatic heterocycles. The molecule has 0 aromatic carbocycles. The van der Waals surface area contributed by atoms with Crippen molar-refractivity contribution in [1.29, 1.82) is 0 Å². The maximum atomic E-state index is 5.24. The zero-order valence-corrected chi connectivity index (χ0v) is 16.3. The third-order valence-electron chi connectivity index (χ3n) is 5.76. The number of piperidine rings is 2. The van der Waals surface area contributed by atoms with E-state index in [1.807, 2.05) is 6.07 Å². The summed E-state index contributed by atoms with van der Waals surface area (Å²) in [6.07, 6.45) is 7.76. The van der Waals surface area contributed by atoms with E-state index < -0.39 is 0 Å². The van der Waals surface area contributed by atoms with E-state index in [9.17, 15) is 0 Å². The lowest BCUT2D eigenvalue weighted by Gasteiger charge is -2.33. The molecule has 8 heteroatoms. The number of ether oxygens (including phenoxy) is 1. The summed E-state index contributed by atoms with van der Waals surface area (Å²) < 4.78 is 7.45. The van der Waals surface area contributed by atoms with Crippen LogP contribution in [0.3, 0.4) is 0 Å². The van der Waals surface area contributed by atoms with Crippen LogP contribution in [-0.2, 0) is 13.6 Å².